The summed E-state index contributed by atoms with van der Waals surface area (Å²) in [6.07, 6.45) is 2.77. The molecule has 0 aliphatic heterocycles. The van der Waals surface area contributed by atoms with Crippen molar-refractivity contribution >= 4 is 21.8 Å². The normalized spacial score (nSPS) is 12.6. The molecule has 0 aliphatic carbocycles. The molecule has 1 aromatic rings. The topological polar surface area (TPSA) is 66.4 Å². The van der Waals surface area contributed by atoms with Crippen LogP contribution < -0.4 is 4.72 Å². The minimum Gasteiger partial charge on any atom is -0.384 e. The Labute approximate surface area is 125 Å². The van der Waals surface area contributed by atoms with Crippen LogP contribution in [0.5, 0.6) is 0 Å². The molecule has 0 bridgehead atoms. The average Bonchev–Trinajstić information content (AvgIpc) is 2.45. The zero-order chi connectivity index (χ0) is 15.0. The molecule has 110 valence electrons. The molecular formula is C14H19NO3S2. The molecule has 0 amide bonds. The van der Waals surface area contributed by atoms with Crippen molar-refractivity contribution in [1.29, 1.82) is 0 Å². The van der Waals surface area contributed by atoms with Crippen LogP contribution in [0.2, 0.25) is 0 Å². The molecule has 1 aromatic carbocycles. The number of hydrogen-bond donors (Lipinski definition) is 2. The minimum absolute atomic E-state index is 0.151. The Hall–Kier alpha value is -1.00. The highest BCUT2D eigenvalue weighted by atomic mass is 32.2. The van der Waals surface area contributed by atoms with E-state index in [9.17, 15) is 8.42 Å². The quantitative estimate of drug-likeness (QED) is 0.780. The van der Waals surface area contributed by atoms with Gasteiger partial charge in [0, 0.05) is 17.4 Å². The first-order valence-electron chi connectivity index (χ1n) is 6.22. The van der Waals surface area contributed by atoms with E-state index < -0.39 is 10.0 Å². The number of aliphatic hydroxyl groups is 1. The third-order valence-electron chi connectivity index (χ3n) is 2.72. The standard InChI is InChI=1S/C14H19NO3S2/c1-12(19-2)9-10-15-20(17,18)14-8-4-3-6-13(14)7-5-11-16/h3-4,6,8,12,15-16H,9-11H2,1-2H3. The molecule has 0 radical (unpaired) electrons. The largest absolute Gasteiger partial charge is 0.384 e. The average molecular weight is 313 g/mol. The zero-order valence-corrected chi connectivity index (χ0v) is 13.2. The molecule has 0 saturated carbocycles. The summed E-state index contributed by atoms with van der Waals surface area (Å²) >= 11 is 1.70. The summed E-state index contributed by atoms with van der Waals surface area (Å²) in [6, 6.07) is 6.52. The van der Waals surface area contributed by atoms with E-state index in [-0.39, 0.29) is 11.5 Å². The summed E-state index contributed by atoms with van der Waals surface area (Å²) in [6.45, 7) is 2.15. The van der Waals surface area contributed by atoms with Gasteiger partial charge in [-0.15, -0.1) is 0 Å². The van der Waals surface area contributed by atoms with Gasteiger partial charge >= 0.3 is 0 Å². The summed E-state index contributed by atoms with van der Waals surface area (Å²) in [5.74, 6) is 5.13. The highest BCUT2D eigenvalue weighted by Gasteiger charge is 2.17. The number of hydrogen-bond acceptors (Lipinski definition) is 4. The maximum absolute atomic E-state index is 12.2. The molecule has 1 rings (SSSR count). The van der Waals surface area contributed by atoms with Gasteiger partial charge in [-0.25, -0.2) is 13.1 Å². The highest BCUT2D eigenvalue weighted by Crippen LogP contribution is 2.15. The van der Waals surface area contributed by atoms with Crippen LogP contribution in [0.15, 0.2) is 29.2 Å². The van der Waals surface area contributed by atoms with E-state index in [0.717, 1.165) is 6.42 Å². The van der Waals surface area contributed by atoms with Crippen molar-refractivity contribution in [2.24, 2.45) is 0 Å². The molecule has 0 fully saturated rings. The predicted molar refractivity (Wildman–Crippen MR) is 83.2 cm³/mol. The second-order valence-electron chi connectivity index (χ2n) is 4.19. The Morgan fingerprint density at radius 1 is 1.40 bits per heavy atom. The fraction of sp³-hybridized carbons (Fsp3) is 0.429. The third-order valence-corrected chi connectivity index (χ3v) is 5.28. The van der Waals surface area contributed by atoms with E-state index in [0.29, 0.717) is 17.4 Å². The van der Waals surface area contributed by atoms with Crippen LogP contribution in [0.4, 0.5) is 0 Å². The number of sulfonamides is 1. The van der Waals surface area contributed by atoms with Gasteiger partial charge in [0.15, 0.2) is 0 Å². The van der Waals surface area contributed by atoms with E-state index in [1.54, 1.807) is 30.0 Å². The molecule has 0 saturated heterocycles. The van der Waals surface area contributed by atoms with Crippen LogP contribution in [0.1, 0.15) is 18.9 Å². The minimum atomic E-state index is -3.57. The van der Waals surface area contributed by atoms with Crippen LogP contribution in [0.3, 0.4) is 0 Å². The predicted octanol–water partition coefficient (Wildman–Crippen LogP) is 1.45. The first kappa shape index (κ1) is 17.1. The second kappa shape index (κ2) is 8.32. The van der Waals surface area contributed by atoms with E-state index in [4.69, 9.17) is 5.11 Å². The van der Waals surface area contributed by atoms with Crippen LogP contribution in [0.25, 0.3) is 0 Å². The van der Waals surface area contributed by atoms with Crippen LogP contribution in [-0.2, 0) is 10.0 Å². The molecule has 1 atom stereocenters. The lowest BCUT2D eigenvalue weighted by atomic mass is 10.2. The van der Waals surface area contributed by atoms with Crippen molar-refractivity contribution in [3.63, 3.8) is 0 Å². The SMILES string of the molecule is CSC(C)CCNS(=O)(=O)c1ccccc1C#CCO. The summed E-state index contributed by atoms with van der Waals surface area (Å²) in [4.78, 5) is 0.151. The summed E-state index contributed by atoms with van der Waals surface area (Å²) in [7, 11) is -3.57. The van der Waals surface area contributed by atoms with Gasteiger partial charge in [-0.1, -0.05) is 30.9 Å². The van der Waals surface area contributed by atoms with Gasteiger partial charge in [-0.3, -0.25) is 0 Å². The highest BCUT2D eigenvalue weighted by molar-refractivity contribution is 7.99. The lowest BCUT2D eigenvalue weighted by Crippen LogP contribution is -2.27. The fourth-order valence-electron chi connectivity index (χ4n) is 1.53. The molecule has 6 heteroatoms. The van der Waals surface area contributed by atoms with Gasteiger partial charge in [0.25, 0.3) is 0 Å². The van der Waals surface area contributed by atoms with Gasteiger partial charge in [-0.05, 0) is 24.8 Å². The molecule has 0 aromatic heterocycles. The third kappa shape index (κ3) is 5.17. The lowest BCUT2D eigenvalue weighted by molar-refractivity contribution is 0.350. The zero-order valence-electron chi connectivity index (χ0n) is 11.6. The van der Waals surface area contributed by atoms with Crippen molar-refractivity contribution in [3.05, 3.63) is 29.8 Å². The van der Waals surface area contributed by atoms with Crippen molar-refractivity contribution < 1.29 is 13.5 Å². The number of thioether (sulfide) groups is 1. The smallest absolute Gasteiger partial charge is 0.241 e. The Bertz CT molecular complexity index is 588. The molecule has 0 aliphatic rings. The molecule has 2 N–H and O–H groups in total. The summed E-state index contributed by atoms with van der Waals surface area (Å²) in [5, 5.41) is 9.11. The van der Waals surface area contributed by atoms with Crippen molar-refractivity contribution in [2.45, 2.75) is 23.5 Å². The van der Waals surface area contributed by atoms with Gasteiger partial charge in [-0.2, -0.15) is 11.8 Å². The van der Waals surface area contributed by atoms with Gasteiger partial charge in [0.05, 0.1) is 4.90 Å². The van der Waals surface area contributed by atoms with Gasteiger partial charge in [0.2, 0.25) is 10.0 Å². The first-order chi connectivity index (χ1) is 9.51. The maximum atomic E-state index is 12.2. The second-order valence-corrected chi connectivity index (χ2v) is 7.20. The summed E-state index contributed by atoms with van der Waals surface area (Å²) in [5.41, 5.74) is 0.395. The van der Waals surface area contributed by atoms with Crippen LogP contribution >= 0.6 is 11.8 Å². The molecule has 1 unspecified atom stereocenters. The lowest BCUT2D eigenvalue weighted by Gasteiger charge is -2.11. The molecule has 0 heterocycles. The fourth-order valence-corrected chi connectivity index (χ4v) is 3.09. The Kier molecular flexibility index (Phi) is 7.10. The monoisotopic (exact) mass is 313 g/mol. The Balaban J connectivity index is 2.87. The van der Waals surface area contributed by atoms with Gasteiger partial charge < -0.3 is 5.11 Å². The van der Waals surface area contributed by atoms with Crippen molar-refractivity contribution in [1.82, 2.24) is 4.72 Å². The van der Waals surface area contributed by atoms with Gasteiger partial charge in [0.1, 0.15) is 6.61 Å². The molecule has 0 spiro atoms. The van der Waals surface area contributed by atoms with E-state index in [1.807, 2.05) is 6.26 Å². The number of benzene rings is 1. The Morgan fingerprint density at radius 2 is 2.10 bits per heavy atom. The number of nitrogens with one attached hydrogen (secondary N) is 1. The van der Waals surface area contributed by atoms with Crippen molar-refractivity contribution in [2.75, 3.05) is 19.4 Å². The maximum Gasteiger partial charge on any atom is 0.241 e. The molecule has 20 heavy (non-hydrogen) atoms. The van der Waals surface area contributed by atoms with E-state index in [2.05, 4.69) is 23.5 Å². The first-order valence-corrected chi connectivity index (χ1v) is 8.99. The van der Waals surface area contributed by atoms with Crippen LogP contribution in [-0.4, -0.2) is 38.2 Å². The number of rotatable bonds is 6. The van der Waals surface area contributed by atoms with Crippen LogP contribution in [0, 0.1) is 11.8 Å². The van der Waals surface area contributed by atoms with Crippen molar-refractivity contribution in [3.8, 4) is 11.8 Å². The van der Waals surface area contributed by atoms with E-state index in [1.165, 1.54) is 6.07 Å². The number of aliphatic hydroxyl groups excluding tert-OH is 1. The summed E-state index contributed by atoms with van der Waals surface area (Å²) < 4.78 is 27.1. The molecular weight excluding hydrogens is 294 g/mol. The van der Waals surface area contributed by atoms with E-state index >= 15 is 0 Å². The molecule has 4 nitrogen and oxygen atoms in total. The Morgan fingerprint density at radius 3 is 2.75 bits per heavy atom.